The lowest BCUT2D eigenvalue weighted by Gasteiger charge is -2.28. The lowest BCUT2D eigenvalue weighted by molar-refractivity contribution is -0.140. The average Bonchev–Trinajstić information content (AvgIpc) is 3.05. The molecule has 1 atom stereocenters. The van der Waals surface area contributed by atoms with Crippen molar-refractivity contribution < 1.29 is 19.4 Å². The van der Waals surface area contributed by atoms with Crippen LogP contribution in [0.3, 0.4) is 0 Å². The van der Waals surface area contributed by atoms with Crippen LogP contribution < -0.4 is 0 Å². The molecule has 1 aromatic heterocycles. The Bertz CT molecular complexity index is 966. The van der Waals surface area contributed by atoms with E-state index >= 15 is 0 Å². The fourth-order valence-electron chi connectivity index (χ4n) is 4.11. The molecular formula is C24H27N3O4. The van der Waals surface area contributed by atoms with E-state index in [2.05, 4.69) is 9.88 Å². The van der Waals surface area contributed by atoms with Gasteiger partial charge < -0.3 is 14.7 Å². The minimum absolute atomic E-state index is 0.0962. The number of ether oxygens (including phenoxy) is 1. The van der Waals surface area contributed by atoms with Crippen molar-refractivity contribution in [2.75, 3.05) is 39.4 Å². The molecule has 3 heterocycles. The second-order valence-electron chi connectivity index (χ2n) is 7.92. The molecule has 1 aromatic carbocycles. The normalized spacial score (nSPS) is 21.6. The van der Waals surface area contributed by atoms with Gasteiger partial charge in [-0.05, 0) is 25.5 Å². The summed E-state index contributed by atoms with van der Waals surface area (Å²) in [5, 5.41) is 11.0. The molecule has 2 aliphatic rings. The Labute approximate surface area is 182 Å². The van der Waals surface area contributed by atoms with E-state index in [0.717, 1.165) is 44.8 Å². The van der Waals surface area contributed by atoms with Gasteiger partial charge in [0.2, 0.25) is 0 Å². The Hall–Kier alpha value is -3.03. The molecule has 2 aliphatic heterocycles. The minimum atomic E-state index is -0.702. The number of carbonyl (C=O) groups excluding carboxylic acids is 2. The van der Waals surface area contributed by atoms with E-state index in [1.54, 1.807) is 35.4 Å². The molecule has 2 saturated heterocycles. The second kappa shape index (κ2) is 9.41. The molecule has 2 aromatic rings. The monoisotopic (exact) mass is 421 g/mol. The number of likely N-dealkylation sites (tertiary alicyclic amines) is 1. The van der Waals surface area contributed by atoms with Crippen LogP contribution in [0.2, 0.25) is 0 Å². The summed E-state index contributed by atoms with van der Waals surface area (Å²) in [5.41, 5.74) is 2.22. The van der Waals surface area contributed by atoms with Gasteiger partial charge in [0.25, 0.3) is 11.7 Å². The quantitative estimate of drug-likeness (QED) is 0.439. The van der Waals surface area contributed by atoms with Gasteiger partial charge in [0.1, 0.15) is 11.8 Å². The predicted octanol–water partition coefficient (Wildman–Crippen LogP) is 2.53. The largest absolute Gasteiger partial charge is 0.507 e. The molecule has 0 saturated carbocycles. The molecule has 0 unspecified atom stereocenters. The highest BCUT2D eigenvalue weighted by molar-refractivity contribution is 6.46. The number of morpholine rings is 1. The van der Waals surface area contributed by atoms with E-state index in [4.69, 9.17) is 4.74 Å². The van der Waals surface area contributed by atoms with E-state index in [9.17, 15) is 14.7 Å². The number of aliphatic hydroxyl groups excluding tert-OH is 1. The first-order valence-electron chi connectivity index (χ1n) is 10.6. The highest BCUT2D eigenvalue weighted by Gasteiger charge is 2.46. The van der Waals surface area contributed by atoms with Crippen molar-refractivity contribution in [3.8, 4) is 0 Å². The van der Waals surface area contributed by atoms with Crippen molar-refractivity contribution in [3.05, 3.63) is 71.1 Å². The van der Waals surface area contributed by atoms with Crippen LogP contribution >= 0.6 is 0 Å². The standard InChI is InChI=1S/C24H27N3O4/c1-17-6-8-18(9-7-17)22(28)20-21(19-5-2-3-10-25-19)27(24(30)23(20)29)12-4-11-26-13-15-31-16-14-26/h2-3,5-10,21,28H,4,11-16H2,1H3/b22-20+/t21-/m1/s1. The third-order valence-corrected chi connectivity index (χ3v) is 5.81. The number of aromatic nitrogens is 1. The lowest BCUT2D eigenvalue weighted by atomic mass is 9.98. The second-order valence-corrected chi connectivity index (χ2v) is 7.92. The number of hydrogen-bond donors (Lipinski definition) is 1. The molecule has 7 nitrogen and oxygen atoms in total. The Morgan fingerprint density at radius 1 is 1.10 bits per heavy atom. The number of nitrogens with zero attached hydrogens (tertiary/aromatic N) is 3. The van der Waals surface area contributed by atoms with E-state index in [1.807, 2.05) is 25.1 Å². The number of amides is 1. The van der Waals surface area contributed by atoms with Gasteiger partial charge in [0.05, 0.1) is 24.5 Å². The van der Waals surface area contributed by atoms with Crippen LogP contribution in [0.5, 0.6) is 0 Å². The molecule has 2 fully saturated rings. The van der Waals surface area contributed by atoms with Crippen LogP contribution in [0, 0.1) is 6.92 Å². The number of carbonyl (C=O) groups is 2. The van der Waals surface area contributed by atoms with Gasteiger partial charge in [-0.15, -0.1) is 0 Å². The van der Waals surface area contributed by atoms with Gasteiger partial charge in [-0.3, -0.25) is 19.5 Å². The van der Waals surface area contributed by atoms with Gasteiger partial charge >= 0.3 is 0 Å². The topological polar surface area (TPSA) is 83.0 Å². The zero-order valence-corrected chi connectivity index (χ0v) is 17.7. The van der Waals surface area contributed by atoms with Gasteiger partial charge in [-0.1, -0.05) is 35.9 Å². The lowest BCUT2D eigenvalue weighted by Crippen LogP contribution is -2.39. The first kappa shape index (κ1) is 21.2. The minimum Gasteiger partial charge on any atom is -0.507 e. The molecule has 1 amide bonds. The van der Waals surface area contributed by atoms with Crippen LogP contribution in [0.25, 0.3) is 5.76 Å². The highest BCUT2D eigenvalue weighted by atomic mass is 16.5. The first-order chi connectivity index (χ1) is 15.1. The molecule has 0 aliphatic carbocycles. The smallest absolute Gasteiger partial charge is 0.295 e. The van der Waals surface area contributed by atoms with Crippen molar-refractivity contribution >= 4 is 17.4 Å². The Kier molecular flexibility index (Phi) is 6.44. The van der Waals surface area contributed by atoms with Crippen LogP contribution in [-0.4, -0.2) is 71.0 Å². The maximum atomic E-state index is 13.0. The van der Waals surface area contributed by atoms with Crippen molar-refractivity contribution in [1.82, 2.24) is 14.8 Å². The highest BCUT2D eigenvalue weighted by Crippen LogP contribution is 2.38. The Morgan fingerprint density at radius 2 is 1.84 bits per heavy atom. The van der Waals surface area contributed by atoms with Crippen molar-refractivity contribution in [3.63, 3.8) is 0 Å². The van der Waals surface area contributed by atoms with E-state index in [1.165, 1.54) is 0 Å². The summed E-state index contributed by atoms with van der Waals surface area (Å²) >= 11 is 0. The molecule has 31 heavy (non-hydrogen) atoms. The summed E-state index contributed by atoms with van der Waals surface area (Å²) in [5.74, 6) is -1.42. The summed E-state index contributed by atoms with van der Waals surface area (Å²) in [6.45, 7) is 6.36. The number of aliphatic hydroxyl groups is 1. The van der Waals surface area contributed by atoms with E-state index < -0.39 is 17.7 Å². The average molecular weight is 421 g/mol. The third kappa shape index (κ3) is 4.52. The summed E-state index contributed by atoms with van der Waals surface area (Å²) in [4.78, 5) is 34.2. The molecule has 0 spiro atoms. The van der Waals surface area contributed by atoms with Gasteiger partial charge in [0.15, 0.2) is 0 Å². The van der Waals surface area contributed by atoms with Gasteiger partial charge in [-0.25, -0.2) is 0 Å². The van der Waals surface area contributed by atoms with E-state index in [-0.39, 0.29) is 11.3 Å². The van der Waals surface area contributed by atoms with Crippen LogP contribution in [0.1, 0.15) is 29.3 Å². The Balaban J connectivity index is 1.64. The van der Waals surface area contributed by atoms with Crippen molar-refractivity contribution in [2.24, 2.45) is 0 Å². The molecule has 162 valence electrons. The fourth-order valence-corrected chi connectivity index (χ4v) is 4.11. The Morgan fingerprint density at radius 3 is 2.52 bits per heavy atom. The van der Waals surface area contributed by atoms with Gasteiger partial charge in [0, 0.05) is 37.9 Å². The fraction of sp³-hybridized carbons (Fsp3) is 0.375. The zero-order valence-electron chi connectivity index (χ0n) is 17.7. The van der Waals surface area contributed by atoms with Gasteiger partial charge in [-0.2, -0.15) is 0 Å². The number of pyridine rings is 1. The molecule has 0 radical (unpaired) electrons. The summed E-state index contributed by atoms with van der Waals surface area (Å²) < 4.78 is 5.38. The predicted molar refractivity (Wildman–Crippen MR) is 116 cm³/mol. The molecule has 1 N–H and O–H groups in total. The van der Waals surface area contributed by atoms with Crippen molar-refractivity contribution in [1.29, 1.82) is 0 Å². The van der Waals surface area contributed by atoms with Crippen LogP contribution in [-0.2, 0) is 14.3 Å². The summed E-state index contributed by atoms with van der Waals surface area (Å²) in [6, 6.07) is 11.9. The molecular weight excluding hydrogens is 394 g/mol. The molecule has 0 bridgehead atoms. The number of benzene rings is 1. The number of rotatable bonds is 6. The molecule has 7 heteroatoms. The van der Waals surface area contributed by atoms with E-state index in [0.29, 0.717) is 17.8 Å². The van der Waals surface area contributed by atoms with Crippen LogP contribution in [0.4, 0.5) is 0 Å². The zero-order chi connectivity index (χ0) is 21.8. The first-order valence-corrected chi connectivity index (χ1v) is 10.6. The maximum absolute atomic E-state index is 13.0. The molecule has 4 rings (SSSR count). The number of Topliss-reactive ketones (excluding diaryl/α,β-unsaturated/α-hetero) is 1. The SMILES string of the molecule is Cc1ccc(/C(O)=C2\C(=O)C(=O)N(CCCN3CCOCC3)[C@@H]2c2ccccn2)cc1. The maximum Gasteiger partial charge on any atom is 0.295 e. The number of aryl methyl sites for hydroxylation is 1. The number of ketones is 1. The van der Waals surface area contributed by atoms with Crippen LogP contribution in [0.15, 0.2) is 54.2 Å². The summed E-state index contributed by atoms with van der Waals surface area (Å²) in [7, 11) is 0. The van der Waals surface area contributed by atoms with Crippen molar-refractivity contribution in [2.45, 2.75) is 19.4 Å². The number of hydrogen-bond acceptors (Lipinski definition) is 6. The summed E-state index contributed by atoms with van der Waals surface area (Å²) in [6.07, 6.45) is 2.36. The third-order valence-electron chi connectivity index (χ3n) is 5.81.